The van der Waals surface area contributed by atoms with E-state index < -0.39 is 0 Å². The van der Waals surface area contributed by atoms with Crippen LogP contribution in [0.1, 0.15) is 38.2 Å². The molecule has 4 heteroatoms. The van der Waals surface area contributed by atoms with Gasteiger partial charge in [-0.25, -0.2) is 0 Å². The Morgan fingerprint density at radius 1 is 0.885 bits per heavy atom. The van der Waals surface area contributed by atoms with Crippen molar-refractivity contribution in [3.8, 4) is 34.1 Å². The maximum Gasteiger partial charge on any atom is 0.174 e. The van der Waals surface area contributed by atoms with E-state index >= 15 is 0 Å². The number of aromatic nitrogens is 1. The number of benzene rings is 2. The highest BCUT2D eigenvalue weighted by atomic mass is 16.5. The molecule has 0 bridgehead atoms. The van der Waals surface area contributed by atoms with Crippen LogP contribution < -0.4 is 0 Å². The molecule has 3 aromatic rings. The highest BCUT2D eigenvalue weighted by molar-refractivity contribution is 5.81. The highest BCUT2D eigenvalue weighted by Gasteiger charge is 2.17. The first-order valence-corrected chi connectivity index (χ1v) is 8.94. The average Bonchev–Trinajstić information content (AvgIpc) is 3.07. The summed E-state index contributed by atoms with van der Waals surface area (Å²) < 4.78 is 5.64. The lowest BCUT2D eigenvalue weighted by Gasteiger charge is -2.02. The van der Waals surface area contributed by atoms with Crippen LogP contribution in [0, 0.1) is 0 Å². The van der Waals surface area contributed by atoms with E-state index in [-0.39, 0.29) is 11.5 Å². The molecule has 0 aliphatic carbocycles. The summed E-state index contributed by atoms with van der Waals surface area (Å²) in [4.78, 5) is 0. The number of phenolic OH excluding ortho intramolecular Hbond substituents is 2. The van der Waals surface area contributed by atoms with Gasteiger partial charge in [0, 0.05) is 11.1 Å². The zero-order valence-electron chi connectivity index (χ0n) is 14.9. The summed E-state index contributed by atoms with van der Waals surface area (Å²) in [6.07, 6.45) is 8.76. The molecule has 0 aliphatic heterocycles. The third-order valence-corrected chi connectivity index (χ3v) is 4.26. The Morgan fingerprint density at radius 3 is 2.12 bits per heavy atom. The molecule has 0 unspecified atom stereocenters. The van der Waals surface area contributed by atoms with E-state index in [1.807, 2.05) is 24.3 Å². The van der Waals surface area contributed by atoms with E-state index in [0.717, 1.165) is 35.2 Å². The fraction of sp³-hybridized carbons (Fsp3) is 0.227. The maximum absolute atomic E-state index is 9.52. The second-order valence-electron chi connectivity index (χ2n) is 6.27. The molecule has 1 heterocycles. The zero-order valence-corrected chi connectivity index (χ0v) is 14.9. The van der Waals surface area contributed by atoms with E-state index in [2.05, 4.69) is 24.2 Å². The van der Waals surface area contributed by atoms with Gasteiger partial charge in [-0.1, -0.05) is 37.1 Å². The van der Waals surface area contributed by atoms with Crippen LogP contribution in [0.15, 0.2) is 59.1 Å². The Kier molecular flexibility index (Phi) is 5.74. The van der Waals surface area contributed by atoms with Crippen LogP contribution in [0.25, 0.3) is 28.7 Å². The normalized spacial score (nSPS) is 11.3. The predicted octanol–water partition coefficient (Wildman–Crippen LogP) is 6.01. The Morgan fingerprint density at radius 2 is 1.50 bits per heavy atom. The van der Waals surface area contributed by atoms with Crippen molar-refractivity contribution in [2.24, 2.45) is 0 Å². The first-order valence-electron chi connectivity index (χ1n) is 8.94. The minimum atomic E-state index is 0.212. The van der Waals surface area contributed by atoms with Crippen molar-refractivity contribution >= 4 is 6.08 Å². The van der Waals surface area contributed by atoms with Gasteiger partial charge in [-0.05, 0) is 61.4 Å². The molecule has 1 aromatic heterocycles. The molecule has 0 aliphatic rings. The van der Waals surface area contributed by atoms with Gasteiger partial charge in [0.05, 0.1) is 5.56 Å². The van der Waals surface area contributed by atoms with Gasteiger partial charge < -0.3 is 14.7 Å². The van der Waals surface area contributed by atoms with Gasteiger partial charge in [0.1, 0.15) is 17.2 Å². The van der Waals surface area contributed by atoms with Crippen LogP contribution in [0.2, 0.25) is 0 Å². The van der Waals surface area contributed by atoms with Gasteiger partial charge in [-0.3, -0.25) is 0 Å². The molecule has 0 spiro atoms. The summed E-state index contributed by atoms with van der Waals surface area (Å²) in [5.74, 6) is 1.09. The fourth-order valence-corrected chi connectivity index (χ4v) is 2.81. The molecule has 0 atom stereocenters. The molecule has 2 N–H and O–H groups in total. The van der Waals surface area contributed by atoms with Crippen molar-refractivity contribution in [3.05, 3.63) is 60.2 Å². The van der Waals surface area contributed by atoms with Crippen LogP contribution in [-0.4, -0.2) is 15.4 Å². The van der Waals surface area contributed by atoms with Crippen LogP contribution in [-0.2, 0) is 0 Å². The van der Waals surface area contributed by atoms with Crippen LogP contribution in [0.5, 0.6) is 11.5 Å². The lowest BCUT2D eigenvalue weighted by Crippen LogP contribution is -1.83. The van der Waals surface area contributed by atoms with Crippen LogP contribution in [0.4, 0.5) is 0 Å². The Bertz CT molecular complexity index is 798. The van der Waals surface area contributed by atoms with E-state index in [0.29, 0.717) is 5.76 Å². The number of unbranched alkanes of at least 4 members (excludes halogenated alkanes) is 3. The lowest BCUT2D eigenvalue weighted by molar-refractivity contribution is 0.434. The molecule has 0 saturated heterocycles. The first kappa shape index (κ1) is 17.8. The molecule has 3 rings (SSSR count). The summed E-state index contributed by atoms with van der Waals surface area (Å²) in [6.45, 7) is 2.19. The zero-order chi connectivity index (χ0) is 18.4. The average molecular weight is 349 g/mol. The van der Waals surface area contributed by atoms with Crippen LogP contribution >= 0.6 is 0 Å². The second-order valence-corrected chi connectivity index (χ2v) is 6.27. The van der Waals surface area contributed by atoms with Gasteiger partial charge in [0.25, 0.3) is 0 Å². The number of allylic oxidation sites excluding steroid dienone is 1. The monoisotopic (exact) mass is 349 g/mol. The molecule has 0 saturated carbocycles. The number of aromatic hydroxyl groups is 2. The van der Waals surface area contributed by atoms with Gasteiger partial charge >= 0.3 is 0 Å². The van der Waals surface area contributed by atoms with Crippen molar-refractivity contribution in [1.29, 1.82) is 0 Å². The summed E-state index contributed by atoms with van der Waals surface area (Å²) >= 11 is 0. The second kappa shape index (κ2) is 8.39. The maximum atomic E-state index is 9.52. The summed E-state index contributed by atoms with van der Waals surface area (Å²) in [5.41, 5.74) is 3.37. The minimum Gasteiger partial charge on any atom is -0.508 e. The number of phenols is 2. The standard InChI is InChI=1S/C22H23NO3/c1-2-3-4-5-6-7-20-21(16-8-12-18(24)13-9-16)23-26-22(20)17-10-14-19(25)15-11-17/h6-15,24-25H,2-5H2,1H3/b7-6+. The van der Waals surface area contributed by atoms with Crippen molar-refractivity contribution in [3.63, 3.8) is 0 Å². The molecule has 0 amide bonds. The number of hydrogen-bond donors (Lipinski definition) is 2. The SMILES string of the molecule is CCCCC/C=C/c1c(-c2ccc(O)cc2)noc1-c1ccc(O)cc1. The molecule has 0 radical (unpaired) electrons. The van der Waals surface area contributed by atoms with E-state index in [9.17, 15) is 10.2 Å². The minimum absolute atomic E-state index is 0.212. The van der Waals surface area contributed by atoms with Crippen LogP contribution in [0.3, 0.4) is 0 Å². The molecule has 26 heavy (non-hydrogen) atoms. The molecule has 2 aromatic carbocycles. The molecule has 0 fully saturated rings. The van der Waals surface area contributed by atoms with E-state index in [4.69, 9.17) is 4.52 Å². The molecular weight excluding hydrogens is 326 g/mol. The summed E-state index contributed by atoms with van der Waals surface area (Å²) in [5, 5.41) is 23.3. The smallest absolute Gasteiger partial charge is 0.174 e. The first-order chi connectivity index (χ1) is 12.7. The van der Waals surface area contributed by atoms with Gasteiger partial charge in [-0.2, -0.15) is 0 Å². The number of rotatable bonds is 7. The molecule has 134 valence electrons. The van der Waals surface area contributed by atoms with Gasteiger partial charge in [0.15, 0.2) is 5.76 Å². The quantitative estimate of drug-likeness (QED) is 0.512. The summed E-state index contributed by atoms with van der Waals surface area (Å²) in [7, 11) is 0. The Balaban J connectivity index is 1.98. The van der Waals surface area contributed by atoms with Gasteiger partial charge in [-0.15, -0.1) is 0 Å². The van der Waals surface area contributed by atoms with Gasteiger partial charge in [0.2, 0.25) is 0 Å². The highest BCUT2D eigenvalue weighted by Crippen LogP contribution is 2.34. The largest absolute Gasteiger partial charge is 0.508 e. The summed E-state index contributed by atoms with van der Waals surface area (Å²) in [6, 6.07) is 13.8. The number of nitrogens with zero attached hydrogens (tertiary/aromatic N) is 1. The molecular formula is C22H23NO3. The lowest BCUT2D eigenvalue weighted by atomic mass is 10.0. The topological polar surface area (TPSA) is 66.5 Å². The van der Waals surface area contributed by atoms with Crippen molar-refractivity contribution in [2.75, 3.05) is 0 Å². The fourth-order valence-electron chi connectivity index (χ4n) is 2.81. The van der Waals surface area contributed by atoms with E-state index in [1.54, 1.807) is 24.3 Å². The van der Waals surface area contributed by atoms with E-state index in [1.165, 1.54) is 12.8 Å². The third-order valence-electron chi connectivity index (χ3n) is 4.26. The van der Waals surface area contributed by atoms with Crippen molar-refractivity contribution < 1.29 is 14.7 Å². The predicted molar refractivity (Wildman–Crippen MR) is 104 cm³/mol. The Hall–Kier alpha value is -3.01. The van der Waals surface area contributed by atoms with Crippen molar-refractivity contribution in [2.45, 2.75) is 32.6 Å². The van der Waals surface area contributed by atoms with Crippen molar-refractivity contribution in [1.82, 2.24) is 5.16 Å². The number of hydrogen-bond acceptors (Lipinski definition) is 4. The molecule has 4 nitrogen and oxygen atoms in total. The Labute approximate surface area is 153 Å². The third kappa shape index (κ3) is 4.14.